The van der Waals surface area contributed by atoms with Gasteiger partial charge in [0.2, 0.25) is 0 Å². The third-order valence-electron chi connectivity index (χ3n) is 3.74. The predicted octanol–water partition coefficient (Wildman–Crippen LogP) is 2.40. The summed E-state index contributed by atoms with van der Waals surface area (Å²) in [6.45, 7) is 4.37. The number of hydrogen-bond donors (Lipinski definition) is 1. The number of hydrogen-bond acceptors (Lipinski definition) is 3. The highest BCUT2D eigenvalue weighted by Crippen LogP contribution is 2.12. The van der Waals surface area contributed by atoms with Crippen molar-refractivity contribution in [2.75, 3.05) is 47.4 Å². The van der Waals surface area contributed by atoms with Crippen molar-refractivity contribution in [2.24, 2.45) is 4.99 Å². The SMILES string of the molecule is CN=C(NCC1CN(C)CCO1)N(C)Cc1ccc(Br)cc1.I. The maximum Gasteiger partial charge on any atom is 0.193 e. The first-order valence-electron chi connectivity index (χ1n) is 7.55. The molecule has 1 aliphatic heterocycles. The molecule has 1 aliphatic rings. The van der Waals surface area contributed by atoms with Gasteiger partial charge in [0.05, 0.1) is 12.7 Å². The van der Waals surface area contributed by atoms with Crippen LogP contribution in [0, 0.1) is 0 Å². The van der Waals surface area contributed by atoms with Crippen LogP contribution in [0.1, 0.15) is 5.56 Å². The van der Waals surface area contributed by atoms with Gasteiger partial charge in [-0.15, -0.1) is 24.0 Å². The molecule has 1 saturated heterocycles. The van der Waals surface area contributed by atoms with E-state index in [1.165, 1.54) is 5.56 Å². The summed E-state index contributed by atoms with van der Waals surface area (Å²) >= 11 is 3.46. The van der Waals surface area contributed by atoms with Crippen LogP contribution in [0.3, 0.4) is 0 Å². The fourth-order valence-electron chi connectivity index (χ4n) is 2.52. The van der Waals surface area contributed by atoms with Gasteiger partial charge in [0.25, 0.3) is 0 Å². The van der Waals surface area contributed by atoms with Crippen molar-refractivity contribution in [3.8, 4) is 0 Å². The second-order valence-corrected chi connectivity index (χ2v) is 6.58. The number of likely N-dealkylation sites (N-methyl/N-ethyl adjacent to an activating group) is 1. The number of benzene rings is 1. The van der Waals surface area contributed by atoms with Gasteiger partial charge < -0.3 is 19.9 Å². The quantitative estimate of drug-likeness (QED) is 0.395. The van der Waals surface area contributed by atoms with Gasteiger partial charge in [0.15, 0.2) is 5.96 Å². The summed E-state index contributed by atoms with van der Waals surface area (Å²) in [6, 6.07) is 8.36. The summed E-state index contributed by atoms with van der Waals surface area (Å²) in [5.74, 6) is 0.889. The summed E-state index contributed by atoms with van der Waals surface area (Å²) in [5.41, 5.74) is 1.25. The largest absolute Gasteiger partial charge is 0.374 e. The van der Waals surface area contributed by atoms with Crippen molar-refractivity contribution in [1.82, 2.24) is 15.1 Å². The van der Waals surface area contributed by atoms with Gasteiger partial charge in [0.1, 0.15) is 0 Å². The van der Waals surface area contributed by atoms with Gasteiger partial charge in [-0.1, -0.05) is 28.1 Å². The maximum atomic E-state index is 5.77. The van der Waals surface area contributed by atoms with Crippen LogP contribution >= 0.6 is 39.9 Å². The second-order valence-electron chi connectivity index (χ2n) is 5.67. The van der Waals surface area contributed by atoms with Crippen molar-refractivity contribution >= 4 is 45.9 Å². The number of aliphatic imine (C=N–C) groups is 1. The Morgan fingerprint density at radius 3 is 2.74 bits per heavy atom. The lowest BCUT2D eigenvalue weighted by Crippen LogP contribution is -2.48. The van der Waals surface area contributed by atoms with Gasteiger partial charge >= 0.3 is 0 Å². The van der Waals surface area contributed by atoms with E-state index >= 15 is 0 Å². The second kappa shape index (κ2) is 10.5. The Bertz CT molecular complexity index is 497. The minimum atomic E-state index is 0. The Balaban J connectivity index is 0.00000264. The molecule has 1 atom stereocenters. The van der Waals surface area contributed by atoms with E-state index in [1.807, 2.05) is 14.1 Å². The van der Waals surface area contributed by atoms with Crippen molar-refractivity contribution < 1.29 is 4.74 Å². The molecule has 0 aliphatic carbocycles. The van der Waals surface area contributed by atoms with Crippen molar-refractivity contribution in [2.45, 2.75) is 12.6 Å². The first kappa shape index (κ1) is 20.7. The number of guanidine groups is 1. The minimum Gasteiger partial charge on any atom is -0.374 e. The number of nitrogens with one attached hydrogen (secondary N) is 1. The molecule has 1 fully saturated rings. The van der Waals surface area contributed by atoms with Crippen LogP contribution in [0.5, 0.6) is 0 Å². The highest BCUT2D eigenvalue weighted by atomic mass is 127. The predicted molar refractivity (Wildman–Crippen MR) is 110 cm³/mol. The molecule has 1 aromatic carbocycles. The summed E-state index contributed by atoms with van der Waals surface area (Å²) in [6.07, 6.45) is 0.219. The molecule has 0 spiro atoms. The highest BCUT2D eigenvalue weighted by molar-refractivity contribution is 14.0. The average Bonchev–Trinajstić information content (AvgIpc) is 2.50. The van der Waals surface area contributed by atoms with E-state index in [0.717, 1.165) is 43.2 Å². The zero-order chi connectivity index (χ0) is 15.9. The van der Waals surface area contributed by atoms with Crippen LogP contribution in [-0.4, -0.2) is 69.2 Å². The summed E-state index contributed by atoms with van der Waals surface area (Å²) in [5, 5.41) is 3.41. The smallest absolute Gasteiger partial charge is 0.193 e. The number of ether oxygens (including phenoxy) is 1. The van der Waals surface area contributed by atoms with E-state index < -0.39 is 0 Å². The third-order valence-corrected chi connectivity index (χ3v) is 4.26. The molecule has 1 N–H and O–H groups in total. The van der Waals surface area contributed by atoms with Crippen LogP contribution in [0.15, 0.2) is 33.7 Å². The fourth-order valence-corrected chi connectivity index (χ4v) is 2.78. The molecule has 1 unspecified atom stereocenters. The van der Waals surface area contributed by atoms with Gasteiger partial charge in [-0.3, -0.25) is 4.99 Å². The molecule has 0 aromatic heterocycles. The topological polar surface area (TPSA) is 40.1 Å². The summed E-state index contributed by atoms with van der Waals surface area (Å²) < 4.78 is 6.87. The molecule has 0 amide bonds. The van der Waals surface area contributed by atoms with E-state index in [1.54, 1.807) is 0 Å². The molecule has 7 heteroatoms. The zero-order valence-corrected chi connectivity index (χ0v) is 17.9. The van der Waals surface area contributed by atoms with Gasteiger partial charge in [-0.2, -0.15) is 0 Å². The molecule has 0 radical (unpaired) electrons. The number of halogens is 2. The van der Waals surface area contributed by atoms with Gasteiger partial charge in [-0.25, -0.2) is 0 Å². The minimum absolute atomic E-state index is 0. The van der Waals surface area contributed by atoms with Crippen molar-refractivity contribution in [1.29, 1.82) is 0 Å². The molecule has 23 heavy (non-hydrogen) atoms. The molecule has 5 nitrogen and oxygen atoms in total. The summed E-state index contributed by atoms with van der Waals surface area (Å²) in [7, 11) is 5.99. The normalized spacial score (nSPS) is 19.1. The lowest BCUT2D eigenvalue weighted by atomic mass is 10.2. The molecule has 1 heterocycles. The van der Waals surface area contributed by atoms with E-state index in [9.17, 15) is 0 Å². The molecular formula is C16H26BrIN4O. The Kier molecular flexibility index (Phi) is 9.41. The van der Waals surface area contributed by atoms with Crippen LogP contribution in [-0.2, 0) is 11.3 Å². The first-order chi connectivity index (χ1) is 10.6. The lowest BCUT2D eigenvalue weighted by Gasteiger charge is -2.31. The monoisotopic (exact) mass is 496 g/mol. The van der Waals surface area contributed by atoms with Crippen LogP contribution in [0.25, 0.3) is 0 Å². The third kappa shape index (κ3) is 6.94. The van der Waals surface area contributed by atoms with Crippen molar-refractivity contribution in [3.05, 3.63) is 34.3 Å². The number of morpholine rings is 1. The molecule has 2 rings (SSSR count). The Labute approximate surface area is 164 Å². The first-order valence-corrected chi connectivity index (χ1v) is 8.34. The average molecular weight is 497 g/mol. The van der Waals surface area contributed by atoms with Crippen LogP contribution in [0.2, 0.25) is 0 Å². The molecule has 0 saturated carbocycles. The number of rotatable bonds is 4. The Morgan fingerprint density at radius 1 is 1.43 bits per heavy atom. The van der Waals surface area contributed by atoms with Crippen molar-refractivity contribution in [3.63, 3.8) is 0 Å². The number of nitrogens with zero attached hydrogens (tertiary/aromatic N) is 3. The maximum absolute atomic E-state index is 5.77. The summed E-state index contributed by atoms with van der Waals surface area (Å²) in [4.78, 5) is 8.77. The van der Waals surface area contributed by atoms with E-state index in [2.05, 4.69) is 67.4 Å². The fraction of sp³-hybridized carbons (Fsp3) is 0.562. The zero-order valence-electron chi connectivity index (χ0n) is 14.0. The Hall–Kier alpha value is -0.380. The molecule has 1 aromatic rings. The van der Waals surface area contributed by atoms with Crippen LogP contribution in [0.4, 0.5) is 0 Å². The molecule has 130 valence electrons. The van der Waals surface area contributed by atoms with E-state index in [4.69, 9.17) is 4.74 Å². The lowest BCUT2D eigenvalue weighted by molar-refractivity contribution is -0.0163. The van der Waals surface area contributed by atoms with E-state index in [0.29, 0.717) is 0 Å². The van der Waals surface area contributed by atoms with Crippen LogP contribution < -0.4 is 5.32 Å². The standard InChI is InChI=1S/C16H25BrN4O.HI/c1-18-16(19-10-15-12-20(2)8-9-22-15)21(3)11-13-4-6-14(17)7-5-13;/h4-7,15H,8-12H2,1-3H3,(H,18,19);1H. The highest BCUT2D eigenvalue weighted by Gasteiger charge is 2.18. The van der Waals surface area contributed by atoms with Gasteiger partial charge in [0, 0.05) is 44.7 Å². The molecular weight excluding hydrogens is 471 g/mol. The van der Waals surface area contributed by atoms with Gasteiger partial charge in [-0.05, 0) is 24.7 Å². The van der Waals surface area contributed by atoms with E-state index in [-0.39, 0.29) is 30.1 Å². The Morgan fingerprint density at radius 2 is 2.13 bits per heavy atom. The molecule has 0 bridgehead atoms.